The summed E-state index contributed by atoms with van der Waals surface area (Å²) >= 11 is 0. The Morgan fingerprint density at radius 1 is 1.30 bits per heavy atom. The van der Waals surface area contributed by atoms with Crippen LogP contribution in [0.15, 0.2) is 29.3 Å². The maximum atomic E-state index is 12.6. The first-order valence-corrected chi connectivity index (χ1v) is 6.89. The molecule has 0 aliphatic carbocycles. The number of hydrogen-bond acceptors (Lipinski definition) is 3. The zero-order valence-electron chi connectivity index (χ0n) is 12.4. The van der Waals surface area contributed by atoms with Gasteiger partial charge < -0.3 is 20.1 Å². The van der Waals surface area contributed by atoms with E-state index < -0.39 is 11.7 Å². The molecule has 1 aliphatic heterocycles. The van der Waals surface area contributed by atoms with Crippen molar-refractivity contribution in [2.75, 3.05) is 39.5 Å². The van der Waals surface area contributed by atoms with E-state index in [9.17, 15) is 13.2 Å². The molecule has 130 valence electrons. The number of nitrogens with zero attached hydrogens (tertiary/aromatic N) is 2. The lowest BCUT2D eigenvalue weighted by atomic mass is 10.2. The average Bonchev–Trinajstić information content (AvgIpc) is 2.52. The summed E-state index contributed by atoms with van der Waals surface area (Å²) in [7, 11) is 0. The molecule has 1 heterocycles. The summed E-state index contributed by atoms with van der Waals surface area (Å²) in [4.78, 5) is 6.05. The van der Waals surface area contributed by atoms with Gasteiger partial charge in [0, 0.05) is 13.1 Å². The van der Waals surface area contributed by atoms with E-state index in [4.69, 9.17) is 15.2 Å². The molecular weight excluding hydrogens is 426 g/mol. The van der Waals surface area contributed by atoms with Crippen molar-refractivity contribution in [1.82, 2.24) is 4.90 Å². The monoisotopic (exact) mass is 445 g/mol. The second-order valence-corrected chi connectivity index (χ2v) is 4.71. The molecule has 1 aromatic rings. The number of nitrogens with two attached hydrogens (primary N) is 1. The standard InChI is InChI=1S/C14H18F3N3O2.HI/c15-14(16,17)11-2-1-3-12(10-11)22-7-4-19-13(18)20-5-8-21-9-6-20;/h1-3,10H,4-9H2,(H2,18,19);1H. The lowest BCUT2D eigenvalue weighted by Crippen LogP contribution is -2.45. The van der Waals surface area contributed by atoms with Crippen LogP contribution in [0.1, 0.15) is 5.56 Å². The van der Waals surface area contributed by atoms with Crippen molar-refractivity contribution in [3.8, 4) is 5.75 Å². The summed E-state index contributed by atoms with van der Waals surface area (Å²) in [5, 5.41) is 0. The minimum atomic E-state index is -4.38. The Bertz CT molecular complexity index is 520. The molecule has 1 aromatic carbocycles. The molecule has 0 radical (unpaired) electrons. The van der Waals surface area contributed by atoms with E-state index in [0.29, 0.717) is 32.3 Å². The molecule has 5 nitrogen and oxygen atoms in total. The first-order chi connectivity index (χ1) is 10.5. The maximum absolute atomic E-state index is 12.6. The molecule has 0 saturated carbocycles. The van der Waals surface area contributed by atoms with Gasteiger partial charge in [-0.3, -0.25) is 0 Å². The lowest BCUT2D eigenvalue weighted by Gasteiger charge is -2.27. The summed E-state index contributed by atoms with van der Waals surface area (Å²) < 4.78 is 48.2. The number of guanidine groups is 1. The summed E-state index contributed by atoms with van der Waals surface area (Å²) in [6.07, 6.45) is -4.38. The SMILES string of the molecule is I.NC(=NCCOc1cccc(C(F)(F)F)c1)N1CCOCC1. The molecule has 0 atom stereocenters. The van der Waals surface area contributed by atoms with Crippen LogP contribution in [0.25, 0.3) is 0 Å². The van der Waals surface area contributed by atoms with Gasteiger partial charge in [-0.2, -0.15) is 13.2 Å². The highest BCUT2D eigenvalue weighted by atomic mass is 127. The van der Waals surface area contributed by atoms with Crippen molar-refractivity contribution in [3.63, 3.8) is 0 Å². The van der Waals surface area contributed by atoms with Crippen LogP contribution in [0.2, 0.25) is 0 Å². The van der Waals surface area contributed by atoms with E-state index in [-0.39, 0.29) is 42.9 Å². The van der Waals surface area contributed by atoms with E-state index >= 15 is 0 Å². The summed E-state index contributed by atoms with van der Waals surface area (Å²) in [6, 6.07) is 4.75. The van der Waals surface area contributed by atoms with Crippen molar-refractivity contribution < 1.29 is 22.6 Å². The molecule has 0 aromatic heterocycles. The third kappa shape index (κ3) is 6.42. The second-order valence-electron chi connectivity index (χ2n) is 4.71. The lowest BCUT2D eigenvalue weighted by molar-refractivity contribution is -0.137. The normalized spacial score (nSPS) is 16.0. The van der Waals surface area contributed by atoms with Crippen molar-refractivity contribution in [2.24, 2.45) is 10.7 Å². The summed E-state index contributed by atoms with van der Waals surface area (Å²) in [5.41, 5.74) is 5.09. The molecule has 2 N–H and O–H groups in total. The summed E-state index contributed by atoms with van der Waals surface area (Å²) in [5.74, 6) is 0.561. The molecule has 1 aliphatic rings. The fraction of sp³-hybridized carbons (Fsp3) is 0.500. The van der Waals surface area contributed by atoms with Gasteiger partial charge in [-0.25, -0.2) is 4.99 Å². The Balaban J connectivity index is 0.00000264. The minimum absolute atomic E-state index is 0. The fourth-order valence-electron chi connectivity index (χ4n) is 1.98. The molecule has 1 saturated heterocycles. The average molecular weight is 445 g/mol. The molecule has 0 amide bonds. The number of hydrogen-bond donors (Lipinski definition) is 1. The predicted octanol–water partition coefficient (Wildman–Crippen LogP) is 2.35. The smallest absolute Gasteiger partial charge is 0.416 e. The largest absolute Gasteiger partial charge is 0.492 e. The Morgan fingerprint density at radius 2 is 2.00 bits per heavy atom. The highest BCUT2D eigenvalue weighted by Crippen LogP contribution is 2.31. The van der Waals surface area contributed by atoms with Gasteiger partial charge >= 0.3 is 6.18 Å². The second kappa shape index (κ2) is 9.16. The van der Waals surface area contributed by atoms with Crippen LogP contribution in [0.5, 0.6) is 5.75 Å². The van der Waals surface area contributed by atoms with Gasteiger partial charge in [-0.05, 0) is 18.2 Å². The van der Waals surface area contributed by atoms with Gasteiger partial charge in [-0.15, -0.1) is 24.0 Å². The van der Waals surface area contributed by atoms with Crippen LogP contribution in [0.3, 0.4) is 0 Å². The van der Waals surface area contributed by atoms with Gasteiger partial charge in [0.1, 0.15) is 12.4 Å². The molecule has 2 rings (SSSR count). The van der Waals surface area contributed by atoms with E-state index in [2.05, 4.69) is 4.99 Å². The molecule has 0 bridgehead atoms. The molecular formula is C14H19F3IN3O2. The van der Waals surface area contributed by atoms with Gasteiger partial charge in [-0.1, -0.05) is 6.07 Å². The Morgan fingerprint density at radius 3 is 2.65 bits per heavy atom. The van der Waals surface area contributed by atoms with Crippen LogP contribution >= 0.6 is 24.0 Å². The van der Waals surface area contributed by atoms with Crippen molar-refractivity contribution in [1.29, 1.82) is 0 Å². The van der Waals surface area contributed by atoms with Crippen LogP contribution in [0, 0.1) is 0 Å². The van der Waals surface area contributed by atoms with Gasteiger partial charge in [0.15, 0.2) is 5.96 Å². The van der Waals surface area contributed by atoms with Gasteiger partial charge in [0.05, 0.1) is 25.3 Å². The number of aliphatic imine (C=N–C) groups is 1. The van der Waals surface area contributed by atoms with Crippen LogP contribution in [-0.4, -0.2) is 50.3 Å². The highest BCUT2D eigenvalue weighted by molar-refractivity contribution is 14.0. The first-order valence-electron chi connectivity index (χ1n) is 6.89. The number of rotatable bonds is 4. The van der Waals surface area contributed by atoms with Crippen LogP contribution < -0.4 is 10.5 Å². The summed E-state index contributed by atoms with van der Waals surface area (Å²) in [6.45, 7) is 3.02. The quantitative estimate of drug-likeness (QED) is 0.335. The fourth-order valence-corrected chi connectivity index (χ4v) is 1.98. The van der Waals surface area contributed by atoms with E-state index in [1.165, 1.54) is 12.1 Å². The number of benzene rings is 1. The molecule has 9 heteroatoms. The Labute approximate surface area is 149 Å². The molecule has 23 heavy (non-hydrogen) atoms. The predicted molar refractivity (Wildman–Crippen MR) is 91.2 cm³/mol. The topological polar surface area (TPSA) is 60.1 Å². The first kappa shape index (κ1) is 19.8. The molecule has 0 unspecified atom stereocenters. The van der Waals surface area contributed by atoms with Gasteiger partial charge in [0.2, 0.25) is 0 Å². The molecule has 1 fully saturated rings. The van der Waals surface area contributed by atoms with Crippen LogP contribution in [-0.2, 0) is 10.9 Å². The van der Waals surface area contributed by atoms with E-state index in [1.807, 2.05) is 4.90 Å². The number of ether oxygens (including phenoxy) is 2. The third-order valence-corrected chi connectivity index (χ3v) is 3.13. The Hall–Kier alpha value is -1.23. The molecule has 0 spiro atoms. The maximum Gasteiger partial charge on any atom is 0.416 e. The number of halogens is 4. The van der Waals surface area contributed by atoms with E-state index in [1.54, 1.807) is 0 Å². The number of alkyl halides is 3. The van der Waals surface area contributed by atoms with Gasteiger partial charge in [0.25, 0.3) is 0 Å². The zero-order valence-corrected chi connectivity index (χ0v) is 14.7. The zero-order chi connectivity index (χ0) is 16.0. The third-order valence-electron chi connectivity index (χ3n) is 3.13. The Kier molecular flexibility index (Phi) is 7.89. The van der Waals surface area contributed by atoms with Crippen molar-refractivity contribution in [3.05, 3.63) is 29.8 Å². The van der Waals surface area contributed by atoms with Crippen molar-refractivity contribution in [2.45, 2.75) is 6.18 Å². The minimum Gasteiger partial charge on any atom is -0.492 e. The van der Waals surface area contributed by atoms with Crippen LogP contribution in [0.4, 0.5) is 13.2 Å². The highest BCUT2D eigenvalue weighted by Gasteiger charge is 2.30. The van der Waals surface area contributed by atoms with Crippen molar-refractivity contribution >= 4 is 29.9 Å². The number of morpholine rings is 1. The van der Waals surface area contributed by atoms with E-state index in [0.717, 1.165) is 12.1 Å².